The lowest BCUT2D eigenvalue weighted by Crippen LogP contribution is -2.56. The number of benzene rings is 1. The lowest BCUT2D eigenvalue weighted by molar-refractivity contribution is -0.120. The molecule has 2 aromatic rings. The van der Waals surface area contributed by atoms with Gasteiger partial charge in [0, 0.05) is 30.9 Å². The number of anilines is 1. The monoisotopic (exact) mass is 427 g/mol. The molecule has 11 heteroatoms. The first-order valence-corrected chi connectivity index (χ1v) is 10.3. The standard InChI is InChI=1S/C17H22ClN5O4S/c1-10-12(9-22(2)20-10)13-8-15(23(3)28(25,26)21-13)17(24)19-14-7-11(18)5-6-16(14)27-4/h5-7,9,13,15,21H,8H2,1-4H3,(H,19,24)/t13-,15-/m0/s1. The Morgan fingerprint density at radius 2 is 2.11 bits per heavy atom. The molecule has 1 saturated heterocycles. The van der Waals surface area contributed by atoms with Crippen LogP contribution in [0.3, 0.4) is 0 Å². The molecule has 0 aliphatic carbocycles. The van der Waals surface area contributed by atoms with E-state index in [1.165, 1.54) is 14.2 Å². The maximum Gasteiger partial charge on any atom is 0.280 e. The fourth-order valence-electron chi connectivity index (χ4n) is 3.27. The van der Waals surface area contributed by atoms with Crippen molar-refractivity contribution in [2.45, 2.75) is 25.4 Å². The van der Waals surface area contributed by atoms with Crippen LogP contribution in [0.25, 0.3) is 0 Å². The highest BCUT2D eigenvalue weighted by atomic mass is 35.5. The molecule has 0 spiro atoms. The quantitative estimate of drug-likeness (QED) is 0.771. The van der Waals surface area contributed by atoms with Gasteiger partial charge in [-0.3, -0.25) is 9.48 Å². The summed E-state index contributed by atoms with van der Waals surface area (Å²) in [6, 6.07) is 3.34. The number of methoxy groups -OCH3 is 1. The van der Waals surface area contributed by atoms with Crippen molar-refractivity contribution in [1.29, 1.82) is 0 Å². The molecule has 2 atom stereocenters. The first kappa shape index (κ1) is 20.6. The zero-order chi connectivity index (χ0) is 20.6. The Labute approximate surface area is 168 Å². The maximum atomic E-state index is 12.9. The summed E-state index contributed by atoms with van der Waals surface area (Å²) in [5, 5.41) is 7.41. The average molecular weight is 428 g/mol. The van der Waals surface area contributed by atoms with Crippen molar-refractivity contribution in [2.24, 2.45) is 7.05 Å². The average Bonchev–Trinajstić information content (AvgIpc) is 2.95. The SMILES string of the molecule is COc1ccc(Cl)cc1NC(=O)[C@@H]1C[C@@H](c2cn(C)nc2C)NS(=O)(=O)N1C. The minimum absolute atomic E-state index is 0.247. The zero-order valence-corrected chi connectivity index (χ0v) is 17.5. The number of amides is 1. The van der Waals surface area contributed by atoms with E-state index in [2.05, 4.69) is 15.1 Å². The van der Waals surface area contributed by atoms with E-state index < -0.39 is 28.2 Å². The second kappa shape index (κ2) is 7.70. The van der Waals surface area contributed by atoms with Crippen LogP contribution in [0.2, 0.25) is 5.02 Å². The Hall–Kier alpha value is -2.14. The summed E-state index contributed by atoms with van der Waals surface area (Å²) in [6.07, 6.45) is 2.00. The van der Waals surface area contributed by atoms with Gasteiger partial charge in [-0.15, -0.1) is 0 Å². The van der Waals surface area contributed by atoms with Crippen LogP contribution in [0.5, 0.6) is 5.75 Å². The van der Waals surface area contributed by atoms with Gasteiger partial charge in [0.2, 0.25) is 5.91 Å². The van der Waals surface area contributed by atoms with Crippen LogP contribution in [0.1, 0.15) is 23.7 Å². The lowest BCUT2D eigenvalue weighted by atomic mass is 10.00. The van der Waals surface area contributed by atoms with Gasteiger partial charge in [0.15, 0.2) is 0 Å². The van der Waals surface area contributed by atoms with E-state index in [4.69, 9.17) is 16.3 Å². The van der Waals surface area contributed by atoms with Crippen LogP contribution >= 0.6 is 11.6 Å². The molecule has 2 heterocycles. The van der Waals surface area contributed by atoms with Gasteiger partial charge in [0.05, 0.1) is 24.5 Å². The molecule has 1 fully saturated rings. The number of nitrogens with zero attached hydrogens (tertiary/aromatic N) is 3. The predicted octanol–water partition coefficient (Wildman–Crippen LogP) is 1.61. The summed E-state index contributed by atoms with van der Waals surface area (Å²) >= 11 is 6.01. The van der Waals surface area contributed by atoms with Crippen molar-refractivity contribution in [3.8, 4) is 5.75 Å². The number of nitrogens with one attached hydrogen (secondary N) is 2. The van der Waals surface area contributed by atoms with Gasteiger partial charge in [-0.2, -0.15) is 22.5 Å². The Bertz CT molecular complexity index is 1010. The van der Waals surface area contributed by atoms with Gasteiger partial charge in [-0.1, -0.05) is 11.6 Å². The van der Waals surface area contributed by atoms with Gasteiger partial charge < -0.3 is 10.1 Å². The molecular formula is C17H22ClN5O4S. The van der Waals surface area contributed by atoms with Crippen LogP contribution in [0.4, 0.5) is 5.69 Å². The molecule has 1 aromatic heterocycles. The number of ether oxygens (including phenoxy) is 1. The van der Waals surface area contributed by atoms with Gasteiger partial charge in [0.25, 0.3) is 10.2 Å². The molecule has 28 heavy (non-hydrogen) atoms. The fourth-order valence-corrected chi connectivity index (χ4v) is 4.70. The number of carbonyl (C=O) groups excluding carboxylic acids is 1. The van der Waals surface area contributed by atoms with Crippen molar-refractivity contribution >= 4 is 33.4 Å². The van der Waals surface area contributed by atoms with Crippen LogP contribution < -0.4 is 14.8 Å². The molecule has 0 bridgehead atoms. The minimum Gasteiger partial charge on any atom is -0.495 e. The highest BCUT2D eigenvalue weighted by Gasteiger charge is 2.41. The Balaban J connectivity index is 1.90. The van der Waals surface area contributed by atoms with E-state index in [0.717, 1.165) is 9.87 Å². The molecule has 1 amide bonds. The largest absolute Gasteiger partial charge is 0.495 e. The van der Waals surface area contributed by atoms with Crippen molar-refractivity contribution in [3.63, 3.8) is 0 Å². The zero-order valence-electron chi connectivity index (χ0n) is 15.9. The summed E-state index contributed by atoms with van der Waals surface area (Å²) in [5.41, 5.74) is 1.81. The summed E-state index contributed by atoms with van der Waals surface area (Å²) in [5.74, 6) is -0.0449. The number of likely N-dealkylation sites (N-methyl/N-ethyl adjacent to an activating group) is 1. The second-order valence-electron chi connectivity index (χ2n) is 6.62. The van der Waals surface area contributed by atoms with Crippen molar-refractivity contribution in [1.82, 2.24) is 18.8 Å². The third-order valence-electron chi connectivity index (χ3n) is 4.72. The van der Waals surface area contributed by atoms with E-state index in [9.17, 15) is 13.2 Å². The number of carbonyl (C=O) groups is 1. The molecule has 9 nitrogen and oxygen atoms in total. The Morgan fingerprint density at radius 3 is 2.71 bits per heavy atom. The fraction of sp³-hybridized carbons (Fsp3) is 0.412. The third kappa shape index (κ3) is 4.00. The first-order valence-electron chi connectivity index (χ1n) is 8.52. The summed E-state index contributed by atoms with van der Waals surface area (Å²) in [7, 11) is 0.754. The van der Waals surface area contributed by atoms with Crippen LogP contribution in [-0.2, 0) is 22.1 Å². The van der Waals surface area contributed by atoms with Gasteiger partial charge in [-0.25, -0.2) is 0 Å². The maximum absolute atomic E-state index is 12.9. The number of rotatable bonds is 4. The molecule has 152 valence electrons. The molecule has 1 aliphatic heterocycles. The topological polar surface area (TPSA) is 106 Å². The molecule has 2 N–H and O–H groups in total. The Kier molecular flexibility index (Phi) is 5.67. The third-order valence-corrected chi connectivity index (χ3v) is 6.55. The molecular weight excluding hydrogens is 406 g/mol. The van der Waals surface area contributed by atoms with Crippen molar-refractivity contribution in [2.75, 3.05) is 19.5 Å². The number of aromatic nitrogens is 2. The van der Waals surface area contributed by atoms with Gasteiger partial charge in [0.1, 0.15) is 11.8 Å². The normalized spacial score (nSPS) is 22.0. The molecule has 1 aromatic carbocycles. The number of halogens is 1. The van der Waals surface area contributed by atoms with E-state index in [1.807, 2.05) is 0 Å². The lowest BCUT2D eigenvalue weighted by Gasteiger charge is -2.36. The van der Waals surface area contributed by atoms with Crippen LogP contribution in [0.15, 0.2) is 24.4 Å². The van der Waals surface area contributed by atoms with E-state index in [1.54, 1.807) is 43.0 Å². The molecule has 0 saturated carbocycles. The number of hydrogen-bond acceptors (Lipinski definition) is 5. The van der Waals surface area contributed by atoms with Crippen LogP contribution in [-0.4, -0.2) is 48.6 Å². The predicted molar refractivity (Wildman–Crippen MR) is 106 cm³/mol. The van der Waals surface area contributed by atoms with Crippen molar-refractivity contribution in [3.05, 3.63) is 40.7 Å². The molecule has 1 aliphatic rings. The Morgan fingerprint density at radius 1 is 1.39 bits per heavy atom. The number of hydrogen-bond donors (Lipinski definition) is 2. The summed E-state index contributed by atoms with van der Waals surface area (Å²) in [4.78, 5) is 12.9. The van der Waals surface area contributed by atoms with E-state index >= 15 is 0 Å². The van der Waals surface area contributed by atoms with Crippen molar-refractivity contribution < 1.29 is 17.9 Å². The molecule has 0 unspecified atom stereocenters. The van der Waals surface area contributed by atoms with Gasteiger partial charge in [-0.05, 0) is 31.5 Å². The van der Waals surface area contributed by atoms with E-state index in [0.29, 0.717) is 22.2 Å². The van der Waals surface area contributed by atoms with Gasteiger partial charge >= 0.3 is 0 Å². The first-order chi connectivity index (χ1) is 13.1. The minimum atomic E-state index is -3.85. The number of aryl methyl sites for hydroxylation is 2. The molecule has 0 radical (unpaired) electrons. The van der Waals surface area contributed by atoms with E-state index in [-0.39, 0.29) is 6.42 Å². The highest BCUT2D eigenvalue weighted by Crippen LogP contribution is 2.32. The summed E-state index contributed by atoms with van der Waals surface area (Å²) in [6.45, 7) is 1.80. The van der Waals surface area contributed by atoms with Crippen LogP contribution in [0, 0.1) is 6.92 Å². The highest BCUT2D eigenvalue weighted by molar-refractivity contribution is 7.87. The summed E-state index contributed by atoms with van der Waals surface area (Å²) < 4.78 is 35.7. The second-order valence-corrected chi connectivity index (χ2v) is 8.82. The molecule has 3 rings (SSSR count). The smallest absolute Gasteiger partial charge is 0.280 e.